The quantitative estimate of drug-likeness (QED) is 0.240. The van der Waals surface area contributed by atoms with E-state index in [1.54, 1.807) is 11.1 Å². The average molecular weight is 513 g/mol. The highest BCUT2D eigenvalue weighted by Gasteiger charge is 2.66. The molecule has 0 N–H and O–H groups in total. The maximum Gasteiger partial charge on any atom is 0.0156 e. The van der Waals surface area contributed by atoms with Crippen molar-refractivity contribution in [2.24, 2.45) is 34.0 Å². The van der Waals surface area contributed by atoms with Crippen LogP contribution in [-0.4, -0.2) is 0 Å². The second kappa shape index (κ2) is 10.3. The lowest BCUT2D eigenvalue weighted by Gasteiger charge is -2.69. The Morgan fingerprint density at radius 1 is 0.974 bits per heavy atom. The lowest BCUT2D eigenvalue weighted by molar-refractivity contribution is -0.0679. The molecule has 7 atom stereocenters. The fraction of sp³-hybridized carbons (Fsp3) is 0.632. The molecule has 4 rings (SSSR count). The fourth-order valence-electron chi connectivity index (χ4n) is 10.1. The monoisotopic (exact) mass is 512 g/mol. The van der Waals surface area contributed by atoms with Gasteiger partial charge in [-0.1, -0.05) is 135 Å². The number of hydrogen-bond acceptors (Lipinski definition) is 0. The summed E-state index contributed by atoms with van der Waals surface area (Å²) in [6, 6.07) is 7.03. The zero-order chi connectivity index (χ0) is 28.2. The molecular weight excluding hydrogens is 456 g/mol. The van der Waals surface area contributed by atoms with E-state index < -0.39 is 0 Å². The molecule has 0 bridgehead atoms. The van der Waals surface area contributed by atoms with E-state index in [0.29, 0.717) is 23.7 Å². The highest BCUT2D eigenvalue weighted by atomic mass is 14.7. The van der Waals surface area contributed by atoms with Crippen molar-refractivity contribution >= 4 is 5.57 Å². The molecule has 0 heterocycles. The van der Waals surface area contributed by atoms with Gasteiger partial charge in [-0.05, 0) is 84.6 Å². The largest absolute Gasteiger partial charge is 0.0995 e. The van der Waals surface area contributed by atoms with Crippen LogP contribution in [0, 0.1) is 40.9 Å². The van der Waals surface area contributed by atoms with Gasteiger partial charge in [-0.25, -0.2) is 0 Å². The van der Waals surface area contributed by atoms with E-state index in [1.165, 1.54) is 84.8 Å². The minimum Gasteiger partial charge on any atom is -0.0995 e. The van der Waals surface area contributed by atoms with E-state index in [9.17, 15) is 0 Å². The molecule has 0 saturated heterocycles. The van der Waals surface area contributed by atoms with Crippen LogP contribution in [0.3, 0.4) is 0 Å². The predicted molar refractivity (Wildman–Crippen MR) is 168 cm³/mol. The van der Waals surface area contributed by atoms with Gasteiger partial charge in [0.05, 0.1) is 0 Å². The first-order valence-corrected chi connectivity index (χ1v) is 15.7. The van der Waals surface area contributed by atoms with E-state index >= 15 is 0 Å². The molecule has 0 aliphatic heterocycles. The molecule has 1 saturated carbocycles. The van der Waals surface area contributed by atoms with Crippen LogP contribution >= 0.6 is 0 Å². The highest BCUT2D eigenvalue weighted by molar-refractivity contribution is 5.87. The lowest BCUT2D eigenvalue weighted by atomic mass is 9.35. The van der Waals surface area contributed by atoms with Crippen molar-refractivity contribution in [3.63, 3.8) is 0 Å². The van der Waals surface area contributed by atoms with Gasteiger partial charge in [0.25, 0.3) is 0 Å². The summed E-state index contributed by atoms with van der Waals surface area (Å²) in [5, 5.41) is 0. The number of fused-ring (bicyclic) bond motifs is 3. The molecule has 0 aromatic heterocycles. The summed E-state index contributed by atoms with van der Waals surface area (Å²) < 4.78 is 0. The summed E-state index contributed by atoms with van der Waals surface area (Å²) in [4.78, 5) is 0. The molecule has 1 aromatic carbocycles. The van der Waals surface area contributed by atoms with Gasteiger partial charge in [0.2, 0.25) is 0 Å². The van der Waals surface area contributed by atoms with Crippen molar-refractivity contribution in [3.8, 4) is 0 Å². The second-order valence-corrected chi connectivity index (χ2v) is 14.2. The van der Waals surface area contributed by atoms with E-state index in [2.05, 4.69) is 87.1 Å². The minimum atomic E-state index is -0.0643. The Balaban J connectivity index is 1.91. The minimum absolute atomic E-state index is 0.0643. The van der Waals surface area contributed by atoms with Crippen molar-refractivity contribution in [1.82, 2.24) is 0 Å². The predicted octanol–water partition coefficient (Wildman–Crippen LogP) is 11.6. The molecule has 0 nitrogen and oxygen atoms in total. The molecule has 0 spiro atoms. The summed E-state index contributed by atoms with van der Waals surface area (Å²) in [7, 11) is 0. The van der Waals surface area contributed by atoms with Crippen molar-refractivity contribution in [2.75, 3.05) is 0 Å². The number of rotatable bonds is 8. The summed E-state index contributed by atoms with van der Waals surface area (Å²) >= 11 is 0. The van der Waals surface area contributed by atoms with Gasteiger partial charge < -0.3 is 0 Å². The summed E-state index contributed by atoms with van der Waals surface area (Å²) in [6.45, 7) is 36.3. The van der Waals surface area contributed by atoms with Crippen molar-refractivity contribution in [2.45, 2.75) is 120 Å². The van der Waals surface area contributed by atoms with E-state index in [0.717, 1.165) is 0 Å². The molecule has 38 heavy (non-hydrogen) atoms. The van der Waals surface area contributed by atoms with Gasteiger partial charge in [-0.15, -0.1) is 0 Å². The third-order valence-electron chi connectivity index (χ3n) is 12.4. The maximum atomic E-state index is 4.88. The number of hydrogen-bond donors (Lipinski definition) is 0. The van der Waals surface area contributed by atoms with Crippen LogP contribution in [0.2, 0.25) is 0 Å². The van der Waals surface area contributed by atoms with Gasteiger partial charge in [0.15, 0.2) is 0 Å². The Bertz CT molecular complexity index is 1160. The number of unbranched alkanes of at least 4 members (excludes halogenated alkanes) is 5. The number of allylic oxidation sites excluding steroid dienone is 5. The third kappa shape index (κ3) is 3.90. The standard InChI is InChI=1S/C38H56/c1-13-14-15-16-17-18-22-32-31-21-19-20-25(4)34(31)27(6)35-29(8)38(12)28(7)33(24(2)3)26(5)23-36(38,10)30(9)37(32,35)11/h19-21,26,30,32-33H,2,6-7,13-18,22-23H2,1,3-5,8-12H3/t26?,30-,32+,33?,36-,37-,38+/m0/s1. The van der Waals surface area contributed by atoms with Crippen LogP contribution in [0.15, 0.2) is 60.2 Å². The Hall–Kier alpha value is -1.82. The molecule has 3 aliphatic rings. The van der Waals surface area contributed by atoms with Crippen molar-refractivity contribution < 1.29 is 0 Å². The molecule has 0 amide bonds. The zero-order valence-corrected chi connectivity index (χ0v) is 26.3. The molecule has 3 aliphatic carbocycles. The maximum absolute atomic E-state index is 4.88. The van der Waals surface area contributed by atoms with Crippen LogP contribution in [0.5, 0.6) is 0 Å². The Labute approximate surface area is 235 Å². The average Bonchev–Trinajstić information content (AvgIpc) is 2.84. The first kappa shape index (κ1) is 29.2. The number of aryl methyl sites for hydroxylation is 1. The molecular formula is C38H56. The summed E-state index contributed by atoms with van der Waals surface area (Å²) in [5.74, 6) is 1.99. The highest BCUT2D eigenvalue weighted by Crippen LogP contribution is 2.75. The molecule has 2 unspecified atom stereocenters. The van der Waals surface area contributed by atoms with Crippen LogP contribution < -0.4 is 0 Å². The van der Waals surface area contributed by atoms with Gasteiger partial charge >= 0.3 is 0 Å². The van der Waals surface area contributed by atoms with Crippen LogP contribution in [0.4, 0.5) is 0 Å². The van der Waals surface area contributed by atoms with Gasteiger partial charge in [0.1, 0.15) is 0 Å². The summed E-state index contributed by atoms with van der Waals surface area (Å²) in [5.41, 5.74) is 11.5. The second-order valence-electron chi connectivity index (χ2n) is 14.2. The molecule has 0 radical (unpaired) electrons. The molecule has 208 valence electrons. The summed E-state index contributed by atoms with van der Waals surface area (Å²) in [6.07, 6.45) is 10.6. The topological polar surface area (TPSA) is 0 Å². The fourth-order valence-corrected chi connectivity index (χ4v) is 10.1. The molecule has 1 aromatic rings. The Kier molecular flexibility index (Phi) is 7.90. The van der Waals surface area contributed by atoms with E-state index in [1.807, 2.05) is 0 Å². The van der Waals surface area contributed by atoms with Crippen LogP contribution in [-0.2, 0) is 0 Å². The van der Waals surface area contributed by atoms with Crippen LogP contribution in [0.1, 0.15) is 129 Å². The number of benzene rings is 1. The third-order valence-corrected chi connectivity index (χ3v) is 12.4. The van der Waals surface area contributed by atoms with Crippen LogP contribution in [0.25, 0.3) is 5.57 Å². The smallest absolute Gasteiger partial charge is 0.0156 e. The molecule has 0 heteroatoms. The van der Waals surface area contributed by atoms with Crippen molar-refractivity contribution in [1.29, 1.82) is 0 Å². The first-order valence-electron chi connectivity index (χ1n) is 15.7. The van der Waals surface area contributed by atoms with Gasteiger partial charge in [-0.3, -0.25) is 0 Å². The van der Waals surface area contributed by atoms with Crippen molar-refractivity contribution in [3.05, 3.63) is 76.9 Å². The van der Waals surface area contributed by atoms with Gasteiger partial charge in [-0.2, -0.15) is 0 Å². The first-order chi connectivity index (χ1) is 17.8. The van der Waals surface area contributed by atoms with E-state index in [-0.39, 0.29) is 16.2 Å². The lowest BCUT2D eigenvalue weighted by Crippen LogP contribution is -2.60. The zero-order valence-electron chi connectivity index (χ0n) is 26.3. The SMILES string of the molecule is C=C1C2=C(C)[C@@]3(C)C(=C)C(C(=C)C)C(C)C[C@@]3(C)[C@H](C)[C@@]2(C)[C@H](CCCCCCCC)c2cccc(C)c21. The normalized spacial score (nSPS) is 36.6. The Morgan fingerprint density at radius 2 is 1.61 bits per heavy atom. The van der Waals surface area contributed by atoms with Gasteiger partial charge in [0, 0.05) is 16.7 Å². The Morgan fingerprint density at radius 3 is 2.24 bits per heavy atom. The van der Waals surface area contributed by atoms with E-state index in [4.69, 9.17) is 13.2 Å². The molecule has 1 fully saturated rings.